The van der Waals surface area contributed by atoms with Crippen molar-refractivity contribution in [1.82, 2.24) is 19.7 Å². The van der Waals surface area contributed by atoms with Gasteiger partial charge in [0.1, 0.15) is 5.75 Å². The van der Waals surface area contributed by atoms with Crippen molar-refractivity contribution in [1.29, 1.82) is 0 Å². The predicted molar refractivity (Wildman–Crippen MR) is 136 cm³/mol. The monoisotopic (exact) mass is 523 g/mol. The summed E-state index contributed by atoms with van der Waals surface area (Å²) in [6.07, 6.45) is -2.75. The molecule has 0 radical (unpaired) electrons. The summed E-state index contributed by atoms with van der Waals surface area (Å²) in [5.41, 5.74) is 1.28. The Kier molecular flexibility index (Phi) is 6.62. The maximum absolute atomic E-state index is 13.3. The first-order valence-electron chi connectivity index (χ1n) is 11.1. The number of fused-ring (bicyclic) bond motifs is 1. The molecule has 0 aliphatic heterocycles. The van der Waals surface area contributed by atoms with Gasteiger partial charge in [-0.3, -0.25) is 9.36 Å². The summed E-state index contributed by atoms with van der Waals surface area (Å²) in [5.74, 6) is 0.448. The molecule has 0 atom stereocenters. The Morgan fingerprint density at radius 1 is 1.03 bits per heavy atom. The fourth-order valence-corrected chi connectivity index (χ4v) is 4.67. The van der Waals surface area contributed by atoms with Gasteiger partial charge in [-0.1, -0.05) is 42.1 Å². The van der Waals surface area contributed by atoms with Crippen LogP contribution in [0.5, 0.6) is 5.75 Å². The number of ether oxygens (including phenoxy) is 1. The molecule has 5 rings (SSSR count). The molecule has 0 bridgehead atoms. The zero-order valence-corrected chi connectivity index (χ0v) is 20.2. The van der Waals surface area contributed by atoms with Gasteiger partial charge < -0.3 is 15.0 Å². The lowest BCUT2D eigenvalue weighted by atomic mass is 10.1. The van der Waals surface area contributed by atoms with Crippen molar-refractivity contribution < 1.29 is 22.7 Å². The van der Waals surface area contributed by atoms with Gasteiger partial charge in [0.2, 0.25) is 5.91 Å². The Morgan fingerprint density at radius 2 is 1.76 bits per heavy atom. The number of aromatic amines is 1. The molecular weight excluding hydrogens is 503 g/mol. The molecule has 0 aliphatic rings. The molecule has 7 nitrogen and oxygen atoms in total. The summed E-state index contributed by atoms with van der Waals surface area (Å²) in [7, 11) is 1.57. The van der Waals surface area contributed by atoms with Crippen LogP contribution in [0.4, 0.5) is 18.9 Å². The SMILES string of the molecule is COc1ccc(-n2c(SCC(=O)Nc3ccccc3C(F)(F)F)nnc2-c2c[nH]c3ccccc23)cc1. The van der Waals surface area contributed by atoms with Crippen LogP contribution in [0.15, 0.2) is 84.1 Å². The number of aromatic nitrogens is 4. The van der Waals surface area contributed by atoms with E-state index in [-0.39, 0.29) is 11.4 Å². The minimum absolute atomic E-state index is 0.172. The van der Waals surface area contributed by atoms with E-state index in [9.17, 15) is 18.0 Å². The van der Waals surface area contributed by atoms with Crippen molar-refractivity contribution in [2.24, 2.45) is 0 Å². The number of alkyl halides is 3. The first-order valence-corrected chi connectivity index (χ1v) is 12.1. The second-order valence-corrected chi connectivity index (χ2v) is 8.91. The largest absolute Gasteiger partial charge is 0.497 e. The van der Waals surface area contributed by atoms with E-state index in [0.717, 1.165) is 40.0 Å². The van der Waals surface area contributed by atoms with E-state index in [4.69, 9.17) is 4.74 Å². The van der Waals surface area contributed by atoms with Gasteiger partial charge in [-0.05, 0) is 42.5 Å². The van der Waals surface area contributed by atoms with Crippen molar-refractivity contribution in [2.75, 3.05) is 18.2 Å². The third-order valence-electron chi connectivity index (χ3n) is 5.63. The van der Waals surface area contributed by atoms with Gasteiger partial charge >= 0.3 is 6.18 Å². The topological polar surface area (TPSA) is 84.8 Å². The number of halogens is 3. The Balaban J connectivity index is 1.46. The van der Waals surface area contributed by atoms with Crippen molar-refractivity contribution in [2.45, 2.75) is 11.3 Å². The number of rotatable bonds is 7. The molecule has 37 heavy (non-hydrogen) atoms. The number of carbonyl (C=O) groups excluding carboxylic acids is 1. The van der Waals surface area contributed by atoms with Gasteiger partial charge in [-0.15, -0.1) is 10.2 Å². The van der Waals surface area contributed by atoms with Crippen LogP contribution in [-0.4, -0.2) is 38.5 Å². The normalized spacial score (nSPS) is 11.6. The molecule has 0 saturated heterocycles. The van der Waals surface area contributed by atoms with Gasteiger partial charge in [0.15, 0.2) is 11.0 Å². The number of anilines is 1. The van der Waals surface area contributed by atoms with Gasteiger partial charge in [-0.2, -0.15) is 13.2 Å². The van der Waals surface area contributed by atoms with Crippen LogP contribution < -0.4 is 10.1 Å². The summed E-state index contributed by atoms with van der Waals surface area (Å²) in [5, 5.41) is 12.4. The molecule has 11 heteroatoms. The number of thioether (sulfide) groups is 1. The third kappa shape index (κ3) is 5.03. The highest BCUT2D eigenvalue weighted by atomic mass is 32.2. The Hall–Kier alpha value is -4.25. The Morgan fingerprint density at radius 3 is 2.51 bits per heavy atom. The summed E-state index contributed by atoms with van der Waals surface area (Å²) < 4.78 is 47.0. The number of para-hydroxylation sites is 2. The lowest BCUT2D eigenvalue weighted by Crippen LogP contribution is -2.18. The lowest BCUT2D eigenvalue weighted by Gasteiger charge is -2.13. The van der Waals surface area contributed by atoms with Crippen LogP contribution in [0.3, 0.4) is 0 Å². The van der Waals surface area contributed by atoms with Crippen LogP contribution in [0, 0.1) is 0 Å². The number of nitrogens with one attached hydrogen (secondary N) is 2. The molecule has 2 aromatic heterocycles. The Labute approximate surface area is 213 Å². The maximum atomic E-state index is 13.3. The van der Waals surface area contributed by atoms with E-state index in [1.54, 1.807) is 23.8 Å². The molecule has 188 valence electrons. The number of hydrogen-bond donors (Lipinski definition) is 2. The van der Waals surface area contributed by atoms with Gasteiger partial charge in [0.05, 0.1) is 24.1 Å². The highest BCUT2D eigenvalue weighted by Crippen LogP contribution is 2.35. The molecule has 5 aromatic rings. The molecule has 3 aromatic carbocycles. The molecule has 1 amide bonds. The third-order valence-corrected chi connectivity index (χ3v) is 6.56. The van der Waals surface area contributed by atoms with E-state index in [1.807, 2.05) is 42.6 Å². The van der Waals surface area contributed by atoms with Crippen LogP contribution in [0.1, 0.15) is 5.56 Å². The fourth-order valence-electron chi connectivity index (χ4n) is 3.91. The van der Waals surface area contributed by atoms with E-state index in [1.165, 1.54) is 18.2 Å². The summed E-state index contributed by atoms with van der Waals surface area (Å²) in [6.45, 7) is 0. The highest BCUT2D eigenvalue weighted by molar-refractivity contribution is 7.99. The molecule has 0 spiro atoms. The van der Waals surface area contributed by atoms with Crippen molar-refractivity contribution >= 4 is 34.3 Å². The fraction of sp³-hybridized carbons (Fsp3) is 0.115. The summed E-state index contributed by atoms with van der Waals surface area (Å²) in [6, 6.07) is 19.9. The second-order valence-electron chi connectivity index (χ2n) is 7.97. The zero-order valence-electron chi connectivity index (χ0n) is 19.4. The molecule has 0 fully saturated rings. The van der Waals surface area contributed by atoms with Gasteiger partial charge in [0.25, 0.3) is 0 Å². The predicted octanol–water partition coefficient (Wildman–Crippen LogP) is 6.17. The van der Waals surface area contributed by atoms with Crippen LogP contribution in [-0.2, 0) is 11.0 Å². The van der Waals surface area contributed by atoms with Crippen LogP contribution >= 0.6 is 11.8 Å². The van der Waals surface area contributed by atoms with Gasteiger partial charge in [0, 0.05) is 28.4 Å². The number of H-pyrrole nitrogens is 1. The zero-order chi connectivity index (χ0) is 26.0. The Bertz CT molecular complexity index is 1560. The van der Waals surface area contributed by atoms with Gasteiger partial charge in [-0.25, -0.2) is 0 Å². The number of amides is 1. The van der Waals surface area contributed by atoms with Crippen molar-refractivity contribution in [3.8, 4) is 22.8 Å². The summed E-state index contributed by atoms with van der Waals surface area (Å²) >= 11 is 1.07. The van der Waals surface area contributed by atoms with Crippen LogP contribution in [0.25, 0.3) is 28.0 Å². The highest BCUT2D eigenvalue weighted by Gasteiger charge is 2.33. The standard InChI is InChI=1S/C26H20F3N5O2S/c1-36-17-12-10-16(11-13-17)34-24(19-14-30-21-8-4-2-6-18(19)21)32-33-25(34)37-15-23(35)31-22-9-5-3-7-20(22)26(27,28)29/h2-14,30H,15H2,1H3,(H,31,35). The van der Waals surface area contributed by atoms with E-state index in [2.05, 4.69) is 20.5 Å². The summed E-state index contributed by atoms with van der Waals surface area (Å²) in [4.78, 5) is 15.9. The van der Waals surface area contributed by atoms with Crippen LogP contribution in [0.2, 0.25) is 0 Å². The number of hydrogen-bond acceptors (Lipinski definition) is 5. The number of carbonyl (C=O) groups is 1. The smallest absolute Gasteiger partial charge is 0.418 e. The average molecular weight is 524 g/mol. The number of nitrogens with zero attached hydrogens (tertiary/aromatic N) is 3. The first-order chi connectivity index (χ1) is 17.8. The molecule has 0 saturated carbocycles. The van der Waals surface area contributed by atoms with Crippen molar-refractivity contribution in [3.63, 3.8) is 0 Å². The number of benzene rings is 3. The van der Waals surface area contributed by atoms with E-state index in [0.29, 0.717) is 16.7 Å². The lowest BCUT2D eigenvalue weighted by molar-refractivity contribution is -0.137. The molecule has 2 heterocycles. The molecular formula is C26H20F3N5O2S. The minimum Gasteiger partial charge on any atom is -0.497 e. The first kappa shape index (κ1) is 24.4. The minimum atomic E-state index is -4.58. The average Bonchev–Trinajstić information content (AvgIpc) is 3.51. The van der Waals surface area contributed by atoms with E-state index >= 15 is 0 Å². The second kappa shape index (κ2) is 10.0. The quantitative estimate of drug-likeness (QED) is 0.249. The van der Waals surface area contributed by atoms with E-state index < -0.39 is 17.6 Å². The molecule has 0 unspecified atom stereocenters. The maximum Gasteiger partial charge on any atom is 0.418 e. The molecule has 2 N–H and O–H groups in total. The molecule has 0 aliphatic carbocycles. The van der Waals surface area contributed by atoms with Crippen molar-refractivity contribution in [3.05, 3.63) is 84.6 Å². The number of methoxy groups -OCH3 is 1.